The lowest BCUT2D eigenvalue weighted by atomic mass is 9.83. The Morgan fingerprint density at radius 1 is 1.10 bits per heavy atom. The van der Waals surface area contributed by atoms with Crippen LogP contribution in [0, 0.1) is 5.82 Å². The summed E-state index contributed by atoms with van der Waals surface area (Å²) in [5, 5.41) is 0. The Bertz CT molecular complexity index is 652. The second-order valence-electron chi connectivity index (χ2n) is 5.45. The van der Waals surface area contributed by atoms with Gasteiger partial charge in [-0.2, -0.15) is 0 Å². The number of hydrogen-bond donors (Lipinski definition) is 0. The van der Waals surface area contributed by atoms with Crippen molar-refractivity contribution in [1.82, 2.24) is 0 Å². The minimum absolute atomic E-state index is 0.157. The number of amides is 1. The molecule has 0 saturated carbocycles. The quantitative estimate of drug-likeness (QED) is 0.797. The fourth-order valence-electron chi connectivity index (χ4n) is 2.24. The van der Waals surface area contributed by atoms with Crippen molar-refractivity contribution in [3.05, 3.63) is 64.4 Å². The van der Waals surface area contributed by atoms with Crippen molar-refractivity contribution in [2.45, 2.75) is 19.3 Å². The Kier molecular flexibility index (Phi) is 4.47. The summed E-state index contributed by atoms with van der Waals surface area (Å²) < 4.78 is 14.8. The third kappa shape index (κ3) is 3.16. The zero-order chi connectivity index (χ0) is 15.6. The van der Waals surface area contributed by atoms with Gasteiger partial charge >= 0.3 is 0 Å². The van der Waals surface area contributed by atoms with E-state index in [1.807, 2.05) is 38.1 Å². The van der Waals surface area contributed by atoms with Gasteiger partial charge < -0.3 is 4.90 Å². The topological polar surface area (TPSA) is 20.3 Å². The van der Waals surface area contributed by atoms with Gasteiger partial charge in [-0.15, -0.1) is 0 Å². The molecule has 0 heterocycles. The van der Waals surface area contributed by atoms with Crippen LogP contribution in [-0.4, -0.2) is 13.0 Å². The fraction of sp³-hybridized carbons (Fsp3) is 0.235. The largest absolute Gasteiger partial charge is 0.312 e. The summed E-state index contributed by atoms with van der Waals surface area (Å²) in [6.07, 6.45) is 0. The molecule has 0 aromatic heterocycles. The third-order valence-electron chi connectivity index (χ3n) is 3.62. The third-order valence-corrected chi connectivity index (χ3v) is 4.15. The molecule has 110 valence electrons. The van der Waals surface area contributed by atoms with E-state index >= 15 is 0 Å². The summed E-state index contributed by atoms with van der Waals surface area (Å²) in [5.74, 6) is -0.560. The highest BCUT2D eigenvalue weighted by Gasteiger charge is 2.33. The smallest absolute Gasteiger partial charge is 0.236 e. The predicted octanol–water partition coefficient (Wildman–Crippen LogP) is 4.53. The first-order chi connectivity index (χ1) is 9.84. The van der Waals surface area contributed by atoms with Gasteiger partial charge in [0.15, 0.2) is 0 Å². The molecule has 0 aliphatic heterocycles. The number of halogens is 2. The van der Waals surface area contributed by atoms with Crippen molar-refractivity contribution >= 4 is 27.5 Å². The van der Waals surface area contributed by atoms with Gasteiger partial charge in [0.25, 0.3) is 0 Å². The highest BCUT2D eigenvalue weighted by Crippen LogP contribution is 2.29. The molecule has 0 spiro atoms. The minimum atomic E-state index is -0.738. The molecule has 0 radical (unpaired) electrons. The second-order valence-corrected chi connectivity index (χ2v) is 6.36. The maximum absolute atomic E-state index is 13.8. The molecule has 21 heavy (non-hydrogen) atoms. The molecule has 0 fully saturated rings. The summed E-state index contributed by atoms with van der Waals surface area (Å²) in [5.41, 5.74) is 0.434. The molecule has 0 bridgehead atoms. The van der Waals surface area contributed by atoms with Crippen LogP contribution in [0.25, 0.3) is 0 Å². The number of rotatable bonds is 3. The standard InChI is InChI=1S/C17H17BrFNO/c1-17(2,12-8-10-13(18)11-9-12)16(21)20(3)15-7-5-4-6-14(15)19/h4-11H,1-3H3. The van der Waals surface area contributed by atoms with Crippen molar-refractivity contribution in [2.24, 2.45) is 0 Å². The first-order valence-electron chi connectivity index (χ1n) is 6.63. The molecule has 2 aromatic carbocycles. The lowest BCUT2D eigenvalue weighted by Crippen LogP contribution is -2.41. The number of carbonyl (C=O) groups is 1. The normalized spacial score (nSPS) is 11.3. The van der Waals surface area contributed by atoms with E-state index in [9.17, 15) is 9.18 Å². The summed E-state index contributed by atoms with van der Waals surface area (Å²) in [6.45, 7) is 3.69. The van der Waals surface area contributed by atoms with Gasteiger partial charge in [-0.05, 0) is 43.7 Å². The molecule has 0 unspecified atom stereocenters. The van der Waals surface area contributed by atoms with Gasteiger partial charge in [0.1, 0.15) is 5.82 Å². The van der Waals surface area contributed by atoms with Crippen molar-refractivity contribution in [3.8, 4) is 0 Å². The molecule has 2 aromatic rings. The molecule has 0 atom stereocenters. The van der Waals surface area contributed by atoms with Crippen LogP contribution in [-0.2, 0) is 10.2 Å². The van der Waals surface area contributed by atoms with Gasteiger partial charge in [0, 0.05) is 11.5 Å². The van der Waals surface area contributed by atoms with Crippen molar-refractivity contribution < 1.29 is 9.18 Å². The zero-order valence-electron chi connectivity index (χ0n) is 12.2. The van der Waals surface area contributed by atoms with Gasteiger partial charge in [-0.25, -0.2) is 4.39 Å². The van der Waals surface area contributed by atoms with Crippen LogP contribution < -0.4 is 4.90 Å². The average Bonchev–Trinajstić information content (AvgIpc) is 2.46. The number of para-hydroxylation sites is 1. The Labute approximate surface area is 132 Å². The average molecular weight is 350 g/mol. The lowest BCUT2D eigenvalue weighted by molar-refractivity contribution is -0.122. The van der Waals surface area contributed by atoms with E-state index in [0.29, 0.717) is 0 Å². The fourth-order valence-corrected chi connectivity index (χ4v) is 2.51. The van der Waals surface area contributed by atoms with Crippen molar-refractivity contribution in [2.75, 3.05) is 11.9 Å². The number of anilines is 1. The van der Waals surface area contributed by atoms with Gasteiger partial charge in [-0.3, -0.25) is 4.79 Å². The van der Waals surface area contributed by atoms with Crippen LogP contribution in [0.15, 0.2) is 53.0 Å². The summed E-state index contributed by atoms with van der Waals surface area (Å²) >= 11 is 3.38. The highest BCUT2D eigenvalue weighted by molar-refractivity contribution is 9.10. The molecule has 2 rings (SSSR count). The number of carbonyl (C=O) groups excluding carboxylic acids is 1. The van der Waals surface area contributed by atoms with Crippen LogP contribution in [0.4, 0.5) is 10.1 Å². The lowest BCUT2D eigenvalue weighted by Gasteiger charge is -2.30. The van der Waals surface area contributed by atoms with Gasteiger partial charge in [-0.1, -0.05) is 40.2 Å². The molecule has 0 saturated heterocycles. The molecule has 0 aliphatic rings. The molecule has 1 amide bonds. The first kappa shape index (κ1) is 15.7. The molecule has 4 heteroatoms. The summed E-state index contributed by atoms with van der Waals surface area (Å²) in [7, 11) is 1.60. The number of hydrogen-bond acceptors (Lipinski definition) is 1. The van der Waals surface area contributed by atoms with E-state index in [1.165, 1.54) is 11.0 Å². The number of nitrogens with zero attached hydrogens (tertiary/aromatic N) is 1. The van der Waals surface area contributed by atoms with E-state index in [-0.39, 0.29) is 11.6 Å². The van der Waals surface area contributed by atoms with Gasteiger partial charge in [0.05, 0.1) is 11.1 Å². The molecule has 2 nitrogen and oxygen atoms in total. The Balaban J connectivity index is 2.34. The van der Waals surface area contributed by atoms with Gasteiger partial charge in [0.2, 0.25) is 5.91 Å². The number of benzene rings is 2. The van der Waals surface area contributed by atoms with E-state index < -0.39 is 11.2 Å². The van der Waals surface area contributed by atoms with Crippen LogP contribution in [0.1, 0.15) is 19.4 Å². The van der Waals surface area contributed by atoms with Crippen LogP contribution >= 0.6 is 15.9 Å². The SMILES string of the molecule is CN(C(=O)C(C)(C)c1ccc(Br)cc1)c1ccccc1F. The van der Waals surface area contributed by atoms with E-state index in [4.69, 9.17) is 0 Å². The van der Waals surface area contributed by atoms with Crippen LogP contribution in [0.2, 0.25) is 0 Å². The summed E-state index contributed by atoms with van der Waals surface area (Å²) in [4.78, 5) is 14.1. The Morgan fingerprint density at radius 2 is 1.67 bits per heavy atom. The van der Waals surface area contributed by atoms with E-state index in [1.54, 1.807) is 25.2 Å². The molecule has 0 aliphatic carbocycles. The zero-order valence-corrected chi connectivity index (χ0v) is 13.8. The van der Waals surface area contributed by atoms with Crippen LogP contribution in [0.5, 0.6) is 0 Å². The Morgan fingerprint density at radius 3 is 2.24 bits per heavy atom. The van der Waals surface area contributed by atoms with Crippen molar-refractivity contribution in [1.29, 1.82) is 0 Å². The van der Waals surface area contributed by atoms with Crippen molar-refractivity contribution in [3.63, 3.8) is 0 Å². The second kappa shape index (κ2) is 5.98. The molecular weight excluding hydrogens is 333 g/mol. The predicted molar refractivity (Wildman–Crippen MR) is 87.0 cm³/mol. The first-order valence-corrected chi connectivity index (χ1v) is 7.42. The monoisotopic (exact) mass is 349 g/mol. The minimum Gasteiger partial charge on any atom is -0.312 e. The molecular formula is C17H17BrFNO. The number of likely N-dealkylation sites (N-methyl/N-ethyl adjacent to an activating group) is 1. The van der Waals surface area contributed by atoms with E-state index in [0.717, 1.165) is 10.0 Å². The molecule has 0 N–H and O–H groups in total. The van der Waals surface area contributed by atoms with Crippen LogP contribution in [0.3, 0.4) is 0 Å². The maximum Gasteiger partial charge on any atom is 0.236 e. The Hall–Kier alpha value is -1.68. The van der Waals surface area contributed by atoms with E-state index in [2.05, 4.69) is 15.9 Å². The highest BCUT2D eigenvalue weighted by atomic mass is 79.9. The maximum atomic E-state index is 13.8. The summed E-state index contributed by atoms with van der Waals surface area (Å²) in [6, 6.07) is 13.9.